The number of carbonyl (C=O) groups is 1. The highest BCUT2D eigenvalue weighted by molar-refractivity contribution is 7.17. The van der Waals surface area contributed by atoms with Crippen LogP contribution < -0.4 is 5.32 Å². The molecule has 4 rings (SSSR count). The number of hydrogen-bond acceptors (Lipinski definition) is 3. The van der Waals surface area contributed by atoms with Gasteiger partial charge in [0.25, 0.3) is 5.91 Å². The molecule has 3 nitrogen and oxygen atoms in total. The van der Waals surface area contributed by atoms with Crippen molar-refractivity contribution in [1.29, 1.82) is 0 Å². The molecular formula is C21H15FN2OS. The van der Waals surface area contributed by atoms with Crippen LogP contribution in [0, 0.1) is 12.7 Å². The second kappa shape index (κ2) is 6.69. The number of halogens is 1. The highest BCUT2D eigenvalue weighted by atomic mass is 32.1. The number of fused-ring (bicyclic) bond motifs is 1. The molecule has 1 amide bonds. The number of hydrogen-bond donors (Lipinski definition) is 1. The van der Waals surface area contributed by atoms with Gasteiger partial charge in [0.05, 0.1) is 5.69 Å². The maximum absolute atomic E-state index is 13.1. The van der Waals surface area contributed by atoms with Crippen LogP contribution in [-0.2, 0) is 0 Å². The van der Waals surface area contributed by atoms with Crippen molar-refractivity contribution in [3.63, 3.8) is 0 Å². The summed E-state index contributed by atoms with van der Waals surface area (Å²) in [5, 5.41) is 5.75. The summed E-state index contributed by atoms with van der Waals surface area (Å²) >= 11 is 1.31. The van der Waals surface area contributed by atoms with E-state index in [0.717, 1.165) is 22.0 Å². The summed E-state index contributed by atoms with van der Waals surface area (Å²) in [5.74, 6) is -0.485. The number of aryl methyl sites for hydroxylation is 1. The molecule has 0 radical (unpaired) electrons. The van der Waals surface area contributed by atoms with Crippen LogP contribution in [0.1, 0.15) is 15.4 Å². The molecular weight excluding hydrogens is 347 g/mol. The van der Waals surface area contributed by atoms with E-state index in [9.17, 15) is 9.18 Å². The Morgan fingerprint density at radius 3 is 2.54 bits per heavy atom. The zero-order chi connectivity index (χ0) is 18.1. The molecule has 0 saturated carbocycles. The molecule has 1 aromatic heterocycles. The number of aromatic nitrogens is 1. The lowest BCUT2D eigenvalue weighted by Gasteiger charge is -2.08. The number of amides is 1. The molecule has 1 heterocycles. The van der Waals surface area contributed by atoms with Gasteiger partial charge >= 0.3 is 0 Å². The van der Waals surface area contributed by atoms with E-state index in [1.54, 1.807) is 12.1 Å². The number of anilines is 1. The van der Waals surface area contributed by atoms with E-state index in [1.807, 2.05) is 49.4 Å². The third-order valence-corrected chi connectivity index (χ3v) is 5.34. The van der Waals surface area contributed by atoms with Crippen molar-refractivity contribution in [2.75, 3.05) is 5.32 Å². The zero-order valence-corrected chi connectivity index (χ0v) is 14.8. The first-order valence-corrected chi connectivity index (χ1v) is 8.96. The molecule has 0 fully saturated rings. The molecule has 0 saturated heterocycles. The summed E-state index contributed by atoms with van der Waals surface area (Å²) in [6.45, 7) is 1.81. The van der Waals surface area contributed by atoms with Crippen LogP contribution in [0.15, 0.2) is 66.7 Å². The molecule has 128 valence electrons. The van der Waals surface area contributed by atoms with E-state index in [1.165, 1.54) is 23.5 Å². The summed E-state index contributed by atoms with van der Waals surface area (Å²) in [5.41, 5.74) is 2.22. The quantitative estimate of drug-likeness (QED) is 0.511. The second-order valence-corrected chi connectivity index (χ2v) is 6.92. The van der Waals surface area contributed by atoms with E-state index < -0.39 is 0 Å². The van der Waals surface area contributed by atoms with Crippen molar-refractivity contribution in [2.24, 2.45) is 0 Å². The van der Waals surface area contributed by atoms with Gasteiger partial charge < -0.3 is 5.32 Å². The van der Waals surface area contributed by atoms with Crippen LogP contribution in [0.25, 0.3) is 21.3 Å². The van der Waals surface area contributed by atoms with Gasteiger partial charge in [0.15, 0.2) is 0 Å². The van der Waals surface area contributed by atoms with Gasteiger partial charge in [-0.3, -0.25) is 4.79 Å². The number of benzene rings is 3. The Balaban J connectivity index is 1.65. The molecule has 0 spiro atoms. The van der Waals surface area contributed by atoms with Crippen molar-refractivity contribution in [3.8, 4) is 10.6 Å². The third kappa shape index (κ3) is 3.09. The summed E-state index contributed by atoms with van der Waals surface area (Å²) in [6, 6.07) is 19.8. The Hall–Kier alpha value is -3.05. The Labute approximate surface area is 154 Å². The first kappa shape index (κ1) is 16.4. The molecule has 0 aliphatic heterocycles. The number of rotatable bonds is 3. The largest absolute Gasteiger partial charge is 0.321 e. The third-order valence-electron chi connectivity index (χ3n) is 4.13. The zero-order valence-electron chi connectivity index (χ0n) is 14.0. The van der Waals surface area contributed by atoms with E-state index in [4.69, 9.17) is 0 Å². The van der Waals surface area contributed by atoms with Crippen LogP contribution >= 0.6 is 11.3 Å². The number of nitrogens with one attached hydrogen (secondary N) is 1. The van der Waals surface area contributed by atoms with Crippen LogP contribution in [0.5, 0.6) is 0 Å². The number of carbonyl (C=O) groups excluding carboxylic acids is 1. The number of thiazole rings is 1. The van der Waals surface area contributed by atoms with Gasteiger partial charge in [0, 0.05) is 16.6 Å². The van der Waals surface area contributed by atoms with Gasteiger partial charge in [-0.05, 0) is 42.6 Å². The Bertz CT molecular complexity index is 1100. The van der Waals surface area contributed by atoms with Gasteiger partial charge in [0.1, 0.15) is 15.7 Å². The normalized spacial score (nSPS) is 10.8. The van der Waals surface area contributed by atoms with Gasteiger partial charge in [-0.1, -0.05) is 36.4 Å². The molecule has 0 atom stereocenters. The Kier molecular flexibility index (Phi) is 4.22. The van der Waals surface area contributed by atoms with Crippen molar-refractivity contribution in [1.82, 2.24) is 4.98 Å². The lowest BCUT2D eigenvalue weighted by Crippen LogP contribution is -2.11. The van der Waals surface area contributed by atoms with E-state index >= 15 is 0 Å². The van der Waals surface area contributed by atoms with Crippen molar-refractivity contribution in [2.45, 2.75) is 6.92 Å². The van der Waals surface area contributed by atoms with Crippen LogP contribution in [0.4, 0.5) is 10.1 Å². The van der Waals surface area contributed by atoms with Crippen LogP contribution in [-0.4, -0.2) is 10.9 Å². The molecule has 0 bridgehead atoms. The lowest BCUT2D eigenvalue weighted by molar-refractivity contribution is 0.103. The summed E-state index contributed by atoms with van der Waals surface area (Å²) in [4.78, 5) is 17.8. The van der Waals surface area contributed by atoms with Gasteiger partial charge in [-0.25, -0.2) is 9.37 Å². The standard InChI is InChI=1S/C21H15FN2OS/c1-13-19(26-21(23-13)15-9-11-16(22)12-10-15)20(25)24-18-8-4-6-14-5-2-3-7-17(14)18/h2-12H,1H3,(H,24,25). The fourth-order valence-electron chi connectivity index (χ4n) is 2.84. The SMILES string of the molecule is Cc1nc(-c2ccc(F)cc2)sc1C(=O)Nc1cccc2ccccc12. The maximum Gasteiger partial charge on any atom is 0.267 e. The topological polar surface area (TPSA) is 42.0 Å². The van der Waals surface area contributed by atoms with Gasteiger partial charge in [0.2, 0.25) is 0 Å². The van der Waals surface area contributed by atoms with Gasteiger partial charge in [-0.2, -0.15) is 0 Å². The Morgan fingerprint density at radius 2 is 1.73 bits per heavy atom. The minimum atomic E-state index is -0.295. The molecule has 0 unspecified atom stereocenters. The molecule has 5 heteroatoms. The monoisotopic (exact) mass is 362 g/mol. The highest BCUT2D eigenvalue weighted by Gasteiger charge is 2.17. The first-order chi connectivity index (χ1) is 12.6. The average molecular weight is 362 g/mol. The predicted octanol–water partition coefficient (Wildman–Crippen LogP) is 5.66. The number of nitrogens with zero attached hydrogens (tertiary/aromatic N) is 1. The fourth-order valence-corrected chi connectivity index (χ4v) is 3.80. The van der Waals surface area contributed by atoms with Crippen molar-refractivity contribution in [3.05, 3.63) is 83.1 Å². The predicted molar refractivity (Wildman–Crippen MR) is 104 cm³/mol. The smallest absolute Gasteiger partial charge is 0.267 e. The first-order valence-electron chi connectivity index (χ1n) is 8.14. The maximum atomic E-state index is 13.1. The van der Waals surface area contributed by atoms with Crippen molar-refractivity contribution >= 4 is 33.7 Å². The van der Waals surface area contributed by atoms with Gasteiger partial charge in [-0.15, -0.1) is 11.3 Å². The minimum absolute atomic E-state index is 0.190. The lowest BCUT2D eigenvalue weighted by atomic mass is 10.1. The molecule has 4 aromatic rings. The van der Waals surface area contributed by atoms with Crippen LogP contribution in [0.2, 0.25) is 0 Å². The highest BCUT2D eigenvalue weighted by Crippen LogP contribution is 2.30. The molecule has 0 aliphatic carbocycles. The summed E-state index contributed by atoms with van der Waals surface area (Å²) < 4.78 is 13.1. The van der Waals surface area contributed by atoms with E-state index in [2.05, 4.69) is 10.3 Å². The molecule has 3 aromatic carbocycles. The molecule has 1 N–H and O–H groups in total. The molecule has 26 heavy (non-hydrogen) atoms. The second-order valence-electron chi connectivity index (χ2n) is 5.92. The van der Waals surface area contributed by atoms with Crippen molar-refractivity contribution < 1.29 is 9.18 Å². The fraction of sp³-hybridized carbons (Fsp3) is 0.0476. The Morgan fingerprint density at radius 1 is 1.00 bits per heavy atom. The van der Waals surface area contributed by atoms with E-state index in [-0.39, 0.29) is 11.7 Å². The molecule has 0 aliphatic rings. The van der Waals surface area contributed by atoms with E-state index in [0.29, 0.717) is 15.6 Å². The summed E-state index contributed by atoms with van der Waals surface area (Å²) in [7, 11) is 0. The average Bonchev–Trinajstić information content (AvgIpc) is 3.04. The minimum Gasteiger partial charge on any atom is -0.321 e. The van der Waals surface area contributed by atoms with Crippen LogP contribution in [0.3, 0.4) is 0 Å². The summed E-state index contributed by atoms with van der Waals surface area (Å²) in [6.07, 6.45) is 0.